The maximum atomic E-state index is 12.6. The molecule has 7 heteroatoms. The lowest BCUT2D eigenvalue weighted by molar-refractivity contribution is -0.211. The van der Waals surface area contributed by atoms with Crippen molar-refractivity contribution in [2.24, 2.45) is 40.4 Å². The van der Waals surface area contributed by atoms with E-state index >= 15 is 0 Å². The average molecular weight is 408 g/mol. The number of aliphatic hydroxyl groups excluding tert-OH is 1. The van der Waals surface area contributed by atoms with Gasteiger partial charge in [-0.25, -0.2) is 4.79 Å². The molecule has 2 heterocycles. The summed E-state index contributed by atoms with van der Waals surface area (Å²) in [6, 6.07) is 0. The van der Waals surface area contributed by atoms with Crippen molar-refractivity contribution in [3.05, 3.63) is 0 Å². The van der Waals surface area contributed by atoms with Gasteiger partial charge in [0.1, 0.15) is 0 Å². The highest BCUT2D eigenvalue weighted by Gasteiger charge is 2.78. The Kier molecular flexibility index (Phi) is 4.05. The molecule has 29 heavy (non-hydrogen) atoms. The molecule has 0 aromatic carbocycles. The van der Waals surface area contributed by atoms with Crippen LogP contribution in [0.1, 0.15) is 59.8 Å². The number of rotatable bonds is 2. The molecule has 4 bridgehead atoms. The molecule has 5 aliphatic rings. The lowest BCUT2D eigenvalue weighted by Gasteiger charge is -2.51. The van der Waals surface area contributed by atoms with E-state index in [4.69, 9.17) is 14.2 Å². The maximum absolute atomic E-state index is 12.6. The Bertz CT molecular complexity index is 749. The third-order valence-corrected chi connectivity index (χ3v) is 9.24. The number of ether oxygens (including phenoxy) is 3. The molecule has 3 aliphatic carbocycles. The zero-order valence-electron chi connectivity index (χ0n) is 17.6. The van der Waals surface area contributed by atoms with Crippen LogP contribution in [0.4, 0.5) is 0 Å². The first-order valence-corrected chi connectivity index (χ1v) is 11.0. The van der Waals surface area contributed by atoms with Crippen molar-refractivity contribution in [3.63, 3.8) is 0 Å². The van der Waals surface area contributed by atoms with Crippen molar-refractivity contribution < 1.29 is 34.0 Å². The number of hydrogen-bond acceptors (Lipinski definition) is 7. The Hall–Kier alpha value is -1.18. The van der Waals surface area contributed by atoms with Gasteiger partial charge in [0.2, 0.25) is 12.6 Å². The first-order valence-electron chi connectivity index (χ1n) is 11.0. The van der Waals surface area contributed by atoms with E-state index in [2.05, 4.69) is 20.8 Å². The lowest BCUT2D eigenvalue weighted by atomic mass is 9.54. The van der Waals surface area contributed by atoms with Crippen LogP contribution in [0.25, 0.3) is 0 Å². The first kappa shape index (κ1) is 19.8. The van der Waals surface area contributed by atoms with E-state index < -0.39 is 42.1 Å². The van der Waals surface area contributed by atoms with Gasteiger partial charge in [-0.2, -0.15) is 0 Å². The van der Waals surface area contributed by atoms with E-state index in [0.717, 1.165) is 25.7 Å². The molecule has 0 amide bonds. The van der Waals surface area contributed by atoms with Gasteiger partial charge in [0.25, 0.3) is 0 Å². The molecule has 2 aliphatic heterocycles. The molecule has 0 aromatic rings. The van der Waals surface area contributed by atoms with Gasteiger partial charge >= 0.3 is 11.9 Å². The standard InChI is InChI=1S/C22H32O7/c1-10(23)27-18-15-14-13(16(24)22(15,26)19(25)29-17(14)28-18)11-6-7-12-20(2,3)8-5-9-21(11,12)4/h11-18,24,26H,5-9H2,1-4H3/t11-,12+,13-,14+,15-,16+,17?,18-,21-,22-/m1/s1. The van der Waals surface area contributed by atoms with E-state index in [1.54, 1.807) is 0 Å². The highest BCUT2D eigenvalue weighted by atomic mass is 16.8. The number of carbonyl (C=O) groups is 2. The number of fused-ring (bicyclic) bond motifs is 1. The Labute approximate surface area is 171 Å². The summed E-state index contributed by atoms with van der Waals surface area (Å²) in [6.45, 7) is 8.26. The Morgan fingerprint density at radius 2 is 1.90 bits per heavy atom. The third-order valence-electron chi connectivity index (χ3n) is 9.24. The summed E-state index contributed by atoms with van der Waals surface area (Å²) < 4.78 is 16.4. The van der Waals surface area contributed by atoms with Crippen LogP contribution in [0, 0.1) is 40.4 Å². The first-order chi connectivity index (χ1) is 13.5. The van der Waals surface area contributed by atoms with Crippen molar-refractivity contribution in [3.8, 4) is 0 Å². The highest BCUT2D eigenvalue weighted by Crippen LogP contribution is 2.69. The Morgan fingerprint density at radius 1 is 1.17 bits per heavy atom. The molecule has 0 spiro atoms. The predicted molar refractivity (Wildman–Crippen MR) is 99.9 cm³/mol. The number of esters is 2. The van der Waals surface area contributed by atoms with Crippen LogP contribution >= 0.6 is 0 Å². The summed E-state index contributed by atoms with van der Waals surface area (Å²) in [5.74, 6) is -2.22. The normalized spacial score (nSPS) is 54.8. The molecular weight excluding hydrogens is 376 g/mol. The summed E-state index contributed by atoms with van der Waals surface area (Å²) in [4.78, 5) is 24.2. The SMILES string of the molecule is CC(=O)O[C@@H]1OC2OC(=O)[C@@]3(O)[C@@H]1[C@@H]2[C@@H]([C@H]1CC[C@H]2C(C)(C)CCC[C@]12C)[C@@H]3O. The van der Waals surface area contributed by atoms with Crippen molar-refractivity contribution >= 4 is 11.9 Å². The Morgan fingerprint density at radius 3 is 2.59 bits per heavy atom. The van der Waals surface area contributed by atoms with E-state index in [9.17, 15) is 19.8 Å². The fourth-order valence-corrected chi connectivity index (χ4v) is 8.24. The molecule has 2 N–H and O–H groups in total. The zero-order chi connectivity index (χ0) is 20.9. The highest BCUT2D eigenvalue weighted by molar-refractivity contribution is 5.83. The average Bonchev–Trinajstić information content (AvgIpc) is 3.16. The van der Waals surface area contributed by atoms with E-state index in [1.807, 2.05) is 0 Å². The molecular formula is C22H32O7. The smallest absolute Gasteiger partial charge is 0.343 e. The maximum Gasteiger partial charge on any atom is 0.343 e. The Balaban J connectivity index is 1.54. The summed E-state index contributed by atoms with van der Waals surface area (Å²) in [6.07, 6.45) is 2.24. The quantitative estimate of drug-likeness (QED) is 0.674. The van der Waals surface area contributed by atoms with Crippen LogP contribution < -0.4 is 0 Å². The second-order valence-corrected chi connectivity index (χ2v) is 10.9. The van der Waals surface area contributed by atoms with Crippen molar-refractivity contribution in [2.45, 2.75) is 84.1 Å². The van der Waals surface area contributed by atoms with Gasteiger partial charge in [0, 0.05) is 18.8 Å². The summed E-state index contributed by atoms with van der Waals surface area (Å²) >= 11 is 0. The van der Waals surface area contributed by atoms with Gasteiger partial charge in [-0.05, 0) is 48.3 Å². The second-order valence-electron chi connectivity index (χ2n) is 10.9. The predicted octanol–water partition coefficient (Wildman–Crippen LogP) is 1.99. The summed E-state index contributed by atoms with van der Waals surface area (Å²) in [5.41, 5.74) is -1.83. The molecule has 0 radical (unpaired) electrons. The van der Waals surface area contributed by atoms with Gasteiger partial charge in [0.05, 0.1) is 12.0 Å². The van der Waals surface area contributed by atoms with Crippen molar-refractivity contribution in [2.75, 3.05) is 0 Å². The van der Waals surface area contributed by atoms with E-state index in [0.29, 0.717) is 5.92 Å². The number of hydrogen-bond donors (Lipinski definition) is 2. The minimum Gasteiger partial charge on any atom is -0.435 e. The molecule has 5 fully saturated rings. The van der Waals surface area contributed by atoms with Gasteiger partial charge in [-0.15, -0.1) is 0 Å². The van der Waals surface area contributed by atoms with Crippen LogP contribution in [0.5, 0.6) is 0 Å². The van der Waals surface area contributed by atoms with Gasteiger partial charge in [-0.3, -0.25) is 4.79 Å². The van der Waals surface area contributed by atoms with Crippen LogP contribution in [0.2, 0.25) is 0 Å². The second kappa shape index (κ2) is 5.95. The monoisotopic (exact) mass is 408 g/mol. The van der Waals surface area contributed by atoms with Crippen LogP contribution in [-0.2, 0) is 23.8 Å². The third kappa shape index (κ3) is 2.35. The van der Waals surface area contributed by atoms with Crippen LogP contribution in [0.15, 0.2) is 0 Å². The minimum atomic E-state index is -2.10. The molecule has 10 atom stereocenters. The molecule has 3 saturated carbocycles. The van der Waals surface area contributed by atoms with Crippen LogP contribution in [0.3, 0.4) is 0 Å². The molecule has 1 unspecified atom stereocenters. The molecule has 5 rings (SSSR count). The van der Waals surface area contributed by atoms with Gasteiger partial charge in [0.15, 0.2) is 5.60 Å². The zero-order valence-corrected chi connectivity index (χ0v) is 17.6. The fraction of sp³-hybridized carbons (Fsp3) is 0.909. The summed E-state index contributed by atoms with van der Waals surface area (Å²) in [5, 5.41) is 22.7. The number of aliphatic hydroxyl groups is 2. The molecule has 162 valence electrons. The summed E-state index contributed by atoms with van der Waals surface area (Å²) in [7, 11) is 0. The topological polar surface area (TPSA) is 102 Å². The lowest BCUT2D eigenvalue weighted by Crippen LogP contribution is -2.56. The fourth-order valence-electron chi connectivity index (χ4n) is 8.24. The van der Waals surface area contributed by atoms with Crippen LogP contribution in [-0.4, -0.2) is 46.4 Å². The molecule has 0 aromatic heterocycles. The van der Waals surface area contributed by atoms with Crippen molar-refractivity contribution in [1.29, 1.82) is 0 Å². The van der Waals surface area contributed by atoms with E-state index in [1.165, 1.54) is 13.3 Å². The number of carbonyl (C=O) groups excluding carboxylic acids is 2. The minimum absolute atomic E-state index is 0.0284. The molecule has 2 saturated heterocycles. The molecule has 7 nitrogen and oxygen atoms in total. The van der Waals surface area contributed by atoms with E-state index in [-0.39, 0.29) is 28.6 Å². The van der Waals surface area contributed by atoms with Gasteiger partial charge in [-0.1, -0.05) is 27.2 Å². The van der Waals surface area contributed by atoms with Crippen molar-refractivity contribution in [1.82, 2.24) is 0 Å². The van der Waals surface area contributed by atoms with Gasteiger partial charge < -0.3 is 24.4 Å². The largest absolute Gasteiger partial charge is 0.435 e.